The maximum atomic E-state index is 11.1. The van der Waals surface area contributed by atoms with Crippen molar-refractivity contribution in [3.05, 3.63) is 0 Å². The van der Waals surface area contributed by atoms with Gasteiger partial charge in [-0.3, -0.25) is 24.6 Å². The first-order valence-electron chi connectivity index (χ1n) is 3.84. The molecule has 1 saturated carbocycles. The maximum absolute atomic E-state index is 11.1. The Morgan fingerprint density at radius 1 is 1.15 bits per heavy atom. The number of rotatable bonds is 1. The molecule has 2 aliphatic rings. The number of Topliss-reactive ketones (excluding diaryl/α,β-unsaturated/α-hetero) is 1. The average molecular weight is 182 g/mol. The van der Waals surface area contributed by atoms with Crippen molar-refractivity contribution in [2.45, 2.75) is 18.9 Å². The standard InChI is InChI=1S/C7H6N2O4/c10-4-5(11)8-7(13)9(6(4)12)3-1-2-3/h3H,1-2H2,(H,8,11,13). The lowest BCUT2D eigenvalue weighted by Gasteiger charge is -2.22. The van der Waals surface area contributed by atoms with E-state index < -0.39 is 23.6 Å². The Labute approximate surface area is 72.9 Å². The van der Waals surface area contributed by atoms with Crippen molar-refractivity contribution in [2.75, 3.05) is 0 Å². The lowest BCUT2D eigenvalue weighted by Crippen LogP contribution is -2.59. The predicted octanol–water partition coefficient (Wildman–Crippen LogP) is -1.20. The number of nitrogens with one attached hydrogen (secondary N) is 1. The Hall–Kier alpha value is -1.72. The number of nitrogens with zero attached hydrogens (tertiary/aromatic N) is 1. The predicted molar refractivity (Wildman–Crippen MR) is 38.4 cm³/mol. The zero-order chi connectivity index (χ0) is 9.59. The van der Waals surface area contributed by atoms with Gasteiger partial charge in [0.05, 0.1) is 0 Å². The molecule has 0 unspecified atom stereocenters. The van der Waals surface area contributed by atoms with Crippen LogP contribution in [0.1, 0.15) is 12.8 Å². The van der Waals surface area contributed by atoms with Crippen LogP contribution < -0.4 is 5.32 Å². The highest BCUT2D eigenvalue weighted by molar-refractivity contribution is 6.66. The lowest BCUT2D eigenvalue weighted by atomic mass is 10.2. The molecule has 0 aromatic carbocycles. The van der Waals surface area contributed by atoms with Gasteiger partial charge in [0, 0.05) is 6.04 Å². The highest BCUT2D eigenvalue weighted by Crippen LogP contribution is 2.27. The molecule has 1 heterocycles. The fourth-order valence-electron chi connectivity index (χ4n) is 1.18. The van der Waals surface area contributed by atoms with Gasteiger partial charge in [-0.1, -0.05) is 0 Å². The molecule has 1 aliphatic heterocycles. The largest absolute Gasteiger partial charge is 0.331 e. The topological polar surface area (TPSA) is 83.6 Å². The number of carbonyl (C=O) groups is 4. The molecule has 1 aliphatic carbocycles. The van der Waals surface area contributed by atoms with Gasteiger partial charge in [-0.15, -0.1) is 0 Å². The van der Waals surface area contributed by atoms with Crippen LogP contribution >= 0.6 is 0 Å². The number of ketones is 1. The summed E-state index contributed by atoms with van der Waals surface area (Å²) in [4.78, 5) is 44.5. The Morgan fingerprint density at radius 2 is 1.77 bits per heavy atom. The van der Waals surface area contributed by atoms with Gasteiger partial charge in [-0.05, 0) is 12.8 Å². The summed E-state index contributed by atoms with van der Waals surface area (Å²) in [6, 6.07) is -0.971. The third kappa shape index (κ3) is 1.10. The van der Waals surface area contributed by atoms with Gasteiger partial charge in [0.15, 0.2) is 0 Å². The number of imide groups is 2. The molecule has 68 valence electrons. The normalized spacial score (nSPS) is 23.5. The van der Waals surface area contributed by atoms with Crippen molar-refractivity contribution in [3.63, 3.8) is 0 Å². The van der Waals surface area contributed by atoms with Crippen molar-refractivity contribution in [1.82, 2.24) is 10.2 Å². The number of hydrogen-bond acceptors (Lipinski definition) is 4. The molecule has 2 fully saturated rings. The van der Waals surface area contributed by atoms with Gasteiger partial charge in [0.1, 0.15) is 0 Å². The minimum absolute atomic E-state index is 0.190. The molecule has 0 radical (unpaired) electrons. The molecule has 0 bridgehead atoms. The molecule has 1 saturated heterocycles. The van der Waals surface area contributed by atoms with E-state index in [-0.39, 0.29) is 6.04 Å². The van der Waals surface area contributed by atoms with E-state index in [0.717, 1.165) is 4.90 Å². The second-order valence-corrected chi connectivity index (χ2v) is 2.99. The van der Waals surface area contributed by atoms with E-state index in [1.54, 1.807) is 0 Å². The van der Waals surface area contributed by atoms with Crippen LogP contribution in [0.25, 0.3) is 0 Å². The van der Waals surface area contributed by atoms with Crippen LogP contribution in [0, 0.1) is 0 Å². The zero-order valence-corrected chi connectivity index (χ0v) is 6.57. The Bertz CT molecular complexity index is 331. The summed E-state index contributed by atoms with van der Waals surface area (Å²) in [5.41, 5.74) is 0. The second-order valence-electron chi connectivity index (χ2n) is 2.99. The maximum Gasteiger partial charge on any atom is 0.331 e. The Balaban J connectivity index is 2.27. The van der Waals surface area contributed by atoms with Crippen molar-refractivity contribution in [2.24, 2.45) is 0 Å². The van der Waals surface area contributed by atoms with Crippen LogP contribution in [0.15, 0.2) is 0 Å². The monoisotopic (exact) mass is 182 g/mol. The number of carbonyl (C=O) groups excluding carboxylic acids is 4. The lowest BCUT2D eigenvalue weighted by molar-refractivity contribution is -0.150. The van der Waals surface area contributed by atoms with Crippen LogP contribution in [0.4, 0.5) is 4.79 Å². The number of hydrogen-bond donors (Lipinski definition) is 1. The Kier molecular flexibility index (Phi) is 1.45. The first-order chi connectivity index (χ1) is 6.11. The number of urea groups is 1. The first-order valence-corrected chi connectivity index (χ1v) is 3.84. The molecule has 0 aromatic rings. The van der Waals surface area contributed by atoms with Crippen molar-refractivity contribution < 1.29 is 19.2 Å². The first kappa shape index (κ1) is 7.90. The zero-order valence-electron chi connectivity index (χ0n) is 6.57. The summed E-state index contributed by atoms with van der Waals surface area (Å²) in [6.07, 6.45) is 1.42. The van der Waals surface area contributed by atoms with Gasteiger partial charge in [-0.25, -0.2) is 4.79 Å². The van der Waals surface area contributed by atoms with Gasteiger partial charge in [0.2, 0.25) is 0 Å². The summed E-state index contributed by atoms with van der Waals surface area (Å²) in [6.45, 7) is 0. The van der Waals surface area contributed by atoms with E-state index in [1.165, 1.54) is 0 Å². The van der Waals surface area contributed by atoms with Crippen molar-refractivity contribution >= 4 is 23.6 Å². The second kappa shape index (κ2) is 2.38. The third-order valence-corrected chi connectivity index (χ3v) is 1.97. The van der Waals surface area contributed by atoms with Gasteiger partial charge >= 0.3 is 23.6 Å². The average Bonchev–Trinajstić information content (AvgIpc) is 2.84. The minimum atomic E-state index is -1.16. The van der Waals surface area contributed by atoms with Crippen molar-refractivity contribution in [3.8, 4) is 0 Å². The van der Waals surface area contributed by atoms with Gasteiger partial charge < -0.3 is 0 Å². The molecule has 6 heteroatoms. The molecule has 0 aromatic heterocycles. The molecule has 1 N–H and O–H groups in total. The van der Waals surface area contributed by atoms with Crippen LogP contribution in [-0.4, -0.2) is 34.6 Å². The van der Waals surface area contributed by atoms with Crippen molar-refractivity contribution in [1.29, 1.82) is 0 Å². The van der Waals surface area contributed by atoms with E-state index in [1.807, 2.05) is 5.32 Å². The number of barbiturate groups is 1. The van der Waals surface area contributed by atoms with Crippen LogP contribution in [0.3, 0.4) is 0 Å². The van der Waals surface area contributed by atoms with Crippen LogP contribution in [0.5, 0.6) is 0 Å². The quantitative estimate of drug-likeness (QED) is 0.516. The van der Waals surface area contributed by atoms with Crippen LogP contribution in [-0.2, 0) is 14.4 Å². The molecule has 0 spiro atoms. The van der Waals surface area contributed by atoms with E-state index in [4.69, 9.17) is 0 Å². The minimum Gasteiger partial charge on any atom is -0.277 e. The Morgan fingerprint density at radius 3 is 2.31 bits per heavy atom. The van der Waals surface area contributed by atoms with E-state index in [2.05, 4.69) is 0 Å². The van der Waals surface area contributed by atoms with Gasteiger partial charge in [0.25, 0.3) is 0 Å². The SMILES string of the molecule is O=C1NC(=O)N(C2CC2)C(=O)C1=O. The smallest absolute Gasteiger partial charge is 0.277 e. The third-order valence-electron chi connectivity index (χ3n) is 1.97. The highest BCUT2D eigenvalue weighted by atomic mass is 16.2. The van der Waals surface area contributed by atoms with E-state index >= 15 is 0 Å². The van der Waals surface area contributed by atoms with E-state index in [9.17, 15) is 19.2 Å². The number of amides is 4. The summed E-state index contributed by atoms with van der Waals surface area (Å²) >= 11 is 0. The summed E-state index contributed by atoms with van der Waals surface area (Å²) < 4.78 is 0. The molecular formula is C7H6N2O4. The van der Waals surface area contributed by atoms with E-state index in [0.29, 0.717) is 12.8 Å². The summed E-state index contributed by atoms with van der Waals surface area (Å²) in [5, 5.41) is 1.81. The summed E-state index contributed by atoms with van der Waals surface area (Å²) in [7, 11) is 0. The fraction of sp³-hybridized carbons (Fsp3) is 0.429. The molecular weight excluding hydrogens is 176 g/mol. The summed E-state index contributed by atoms with van der Waals surface area (Å²) in [5.74, 6) is -3.30. The van der Waals surface area contributed by atoms with Crippen LogP contribution in [0.2, 0.25) is 0 Å². The highest BCUT2D eigenvalue weighted by Gasteiger charge is 2.46. The molecule has 6 nitrogen and oxygen atoms in total. The molecule has 4 amide bonds. The van der Waals surface area contributed by atoms with Gasteiger partial charge in [-0.2, -0.15) is 0 Å². The molecule has 0 atom stereocenters. The molecule has 13 heavy (non-hydrogen) atoms. The molecule has 2 rings (SSSR count). The fourth-order valence-corrected chi connectivity index (χ4v) is 1.18.